The number of nitrogens with one attached hydrogen (secondary N) is 1. The van der Waals surface area contributed by atoms with Crippen LogP contribution in [0.15, 0.2) is 24.4 Å². The van der Waals surface area contributed by atoms with E-state index in [-0.39, 0.29) is 5.41 Å². The number of methoxy groups -OCH3 is 1. The van der Waals surface area contributed by atoms with Gasteiger partial charge in [0.1, 0.15) is 5.75 Å². The van der Waals surface area contributed by atoms with Gasteiger partial charge in [0.25, 0.3) is 0 Å². The summed E-state index contributed by atoms with van der Waals surface area (Å²) in [6.45, 7) is 6.49. The molecule has 0 aliphatic rings. The first kappa shape index (κ1) is 12.5. The van der Waals surface area contributed by atoms with Gasteiger partial charge in [-0.3, -0.25) is 0 Å². The normalized spacial score (nSPS) is 11.6. The summed E-state index contributed by atoms with van der Waals surface area (Å²) in [6.07, 6.45) is 1.74. The highest BCUT2D eigenvalue weighted by Crippen LogP contribution is 2.34. The van der Waals surface area contributed by atoms with Crippen LogP contribution < -0.4 is 10.5 Å². The number of hydrogen-bond donors (Lipinski definition) is 2. The molecular formula is C14H19N3O. The summed E-state index contributed by atoms with van der Waals surface area (Å²) >= 11 is 0. The van der Waals surface area contributed by atoms with E-state index < -0.39 is 0 Å². The number of nitrogen functional groups attached to an aromatic ring is 1. The Hall–Kier alpha value is -1.97. The number of hydrogen-bond acceptors (Lipinski definition) is 3. The maximum absolute atomic E-state index is 5.60. The van der Waals surface area contributed by atoms with E-state index in [9.17, 15) is 0 Å². The Morgan fingerprint density at radius 3 is 2.50 bits per heavy atom. The fraction of sp³-hybridized carbons (Fsp3) is 0.357. The van der Waals surface area contributed by atoms with Crippen molar-refractivity contribution in [1.29, 1.82) is 0 Å². The molecule has 0 saturated carbocycles. The smallest absolute Gasteiger partial charge is 0.197 e. The number of anilines is 1. The number of H-pyrrole nitrogens is 1. The number of nitrogens with two attached hydrogens (primary N) is 1. The summed E-state index contributed by atoms with van der Waals surface area (Å²) in [5.41, 5.74) is 8.77. The van der Waals surface area contributed by atoms with Crippen LogP contribution in [0.5, 0.6) is 5.75 Å². The van der Waals surface area contributed by atoms with E-state index in [1.165, 1.54) is 0 Å². The third-order valence-electron chi connectivity index (χ3n) is 2.91. The van der Waals surface area contributed by atoms with Gasteiger partial charge in [0.2, 0.25) is 0 Å². The Morgan fingerprint density at radius 2 is 2.00 bits per heavy atom. The highest BCUT2D eigenvalue weighted by molar-refractivity contribution is 5.63. The Kier molecular flexibility index (Phi) is 3.03. The van der Waals surface area contributed by atoms with E-state index in [0.717, 1.165) is 22.6 Å². The summed E-state index contributed by atoms with van der Waals surface area (Å²) in [6, 6.07) is 6.10. The van der Waals surface area contributed by atoms with Crippen molar-refractivity contribution < 1.29 is 4.74 Å². The molecule has 0 radical (unpaired) electrons. The first-order chi connectivity index (χ1) is 8.41. The molecule has 2 aromatic rings. The van der Waals surface area contributed by atoms with Gasteiger partial charge >= 0.3 is 0 Å². The molecule has 1 heterocycles. The quantitative estimate of drug-likeness (QED) is 0.855. The molecule has 0 saturated heterocycles. The summed E-state index contributed by atoms with van der Waals surface area (Å²) in [7, 11) is 1.69. The number of ether oxygens (including phenoxy) is 1. The van der Waals surface area contributed by atoms with Crippen molar-refractivity contribution in [2.75, 3.05) is 12.8 Å². The highest BCUT2D eigenvalue weighted by atomic mass is 16.5. The van der Waals surface area contributed by atoms with Crippen molar-refractivity contribution in [3.63, 3.8) is 0 Å². The summed E-state index contributed by atoms with van der Waals surface area (Å²) in [5.74, 6) is 1.33. The number of benzene rings is 1. The van der Waals surface area contributed by atoms with Crippen LogP contribution in [0.25, 0.3) is 11.3 Å². The molecule has 0 aliphatic heterocycles. The second-order valence-corrected chi connectivity index (χ2v) is 5.35. The van der Waals surface area contributed by atoms with Gasteiger partial charge < -0.3 is 15.5 Å². The van der Waals surface area contributed by atoms with Crippen LogP contribution in [0.2, 0.25) is 0 Å². The maximum Gasteiger partial charge on any atom is 0.197 e. The number of rotatable bonds is 2. The molecule has 4 heteroatoms. The van der Waals surface area contributed by atoms with Gasteiger partial charge in [-0.05, 0) is 23.6 Å². The number of nitrogens with zero attached hydrogens (tertiary/aromatic N) is 1. The van der Waals surface area contributed by atoms with E-state index >= 15 is 0 Å². The molecular weight excluding hydrogens is 226 g/mol. The minimum Gasteiger partial charge on any atom is -0.496 e. The zero-order valence-corrected chi connectivity index (χ0v) is 11.2. The summed E-state index contributed by atoms with van der Waals surface area (Å²) in [4.78, 5) is 7.05. The van der Waals surface area contributed by atoms with E-state index in [0.29, 0.717) is 5.95 Å². The van der Waals surface area contributed by atoms with Crippen LogP contribution in [0.3, 0.4) is 0 Å². The molecule has 0 bridgehead atoms. The van der Waals surface area contributed by atoms with Crippen LogP contribution in [0.4, 0.5) is 5.95 Å². The van der Waals surface area contributed by atoms with Crippen molar-refractivity contribution >= 4 is 5.95 Å². The second kappa shape index (κ2) is 4.37. The van der Waals surface area contributed by atoms with Gasteiger partial charge in [0, 0.05) is 11.1 Å². The molecule has 2 rings (SSSR count). The highest BCUT2D eigenvalue weighted by Gasteiger charge is 2.19. The number of aromatic nitrogens is 2. The van der Waals surface area contributed by atoms with Gasteiger partial charge in [-0.15, -0.1) is 0 Å². The number of imidazole rings is 1. The maximum atomic E-state index is 5.60. The lowest BCUT2D eigenvalue weighted by Gasteiger charge is -2.22. The van der Waals surface area contributed by atoms with Crippen LogP contribution >= 0.6 is 0 Å². The van der Waals surface area contributed by atoms with Crippen molar-refractivity contribution in [2.45, 2.75) is 26.2 Å². The van der Waals surface area contributed by atoms with E-state index in [2.05, 4.69) is 36.8 Å². The minimum absolute atomic E-state index is 0.0208. The second-order valence-electron chi connectivity index (χ2n) is 5.35. The predicted octanol–water partition coefficient (Wildman–Crippen LogP) is 2.97. The standard InChI is InChI=1S/C14H19N3O/c1-14(2,3)10-7-9(5-6-12(10)18-4)11-8-16-13(15)17-11/h5-8H,1-4H3,(H3,15,16,17). The molecule has 18 heavy (non-hydrogen) atoms. The predicted molar refractivity (Wildman–Crippen MR) is 73.7 cm³/mol. The molecule has 1 aromatic carbocycles. The van der Waals surface area contributed by atoms with Crippen molar-refractivity contribution in [2.24, 2.45) is 0 Å². The molecule has 0 spiro atoms. The third kappa shape index (κ3) is 2.32. The fourth-order valence-corrected chi connectivity index (χ4v) is 1.94. The molecule has 0 unspecified atom stereocenters. The molecule has 0 fully saturated rings. The van der Waals surface area contributed by atoms with Crippen LogP contribution in [-0.4, -0.2) is 17.1 Å². The first-order valence-corrected chi connectivity index (χ1v) is 5.91. The third-order valence-corrected chi connectivity index (χ3v) is 2.91. The zero-order chi connectivity index (χ0) is 13.3. The largest absolute Gasteiger partial charge is 0.496 e. The van der Waals surface area contributed by atoms with E-state index in [4.69, 9.17) is 10.5 Å². The van der Waals surface area contributed by atoms with Crippen LogP contribution in [0.1, 0.15) is 26.3 Å². The summed E-state index contributed by atoms with van der Waals surface area (Å²) < 4.78 is 5.42. The zero-order valence-electron chi connectivity index (χ0n) is 11.2. The molecule has 1 aromatic heterocycles. The van der Waals surface area contributed by atoms with Gasteiger partial charge in [-0.1, -0.05) is 20.8 Å². The lowest BCUT2D eigenvalue weighted by Crippen LogP contribution is -2.12. The van der Waals surface area contributed by atoms with Crippen LogP contribution in [0, 0.1) is 0 Å². The summed E-state index contributed by atoms with van der Waals surface area (Å²) in [5, 5.41) is 0. The Labute approximate surface area is 107 Å². The molecule has 0 aliphatic carbocycles. The monoisotopic (exact) mass is 245 g/mol. The minimum atomic E-state index is 0.0208. The average molecular weight is 245 g/mol. The Balaban J connectivity index is 2.52. The fourth-order valence-electron chi connectivity index (χ4n) is 1.94. The SMILES string of the molecule is COc1ccc(-c2cnc(N)[nH]2)cc1C(C)(C)C. The molecule has 0 amide bonds. The lowest BCUT2D eigenvalue weighted by molar-refractivity contribution is 0.397. The van der Waals surface area contributed by atoms with Gasteiger partial charge in [0.15, 0.2) is 5.95 Å². The van der Waals surface area contributed by atoms with Gasteiger partial charge in [0.05, 0.1) is 19.0 Å². The van der Waals surface area contributed by atoms with E-state index in [1.807, 2.05) is 12.1 Å². The van der Waals surface area contributed by atoms with Crippen molar-refractivity contribution in [3.8, 4) is 17.0 Å². The van der Waals surface area contributed by atoms with E-state index in [1.54, 1.807) is 13.3 Å². The topological polar surface area (TPSA) is 63.9 Å². The Morgan fingerprint density at radius 1 is 1.28 bits per heavy atom. The lowest BCUT2D eigenvalue weighted by atomic mass is 9.85. The molecule has 0 atom stereocenters. The van der Waals surface area contributed by atoms with Crippen molar-refractivity contribution in [1.82, 2.24) is 9.97 Å². The average Bonchev–Trinajstić information content (AvgIpc) is 2.74. The number of aromatic amines is 1. The molecule has 4 nitrogen and oxygen atoms in total. The van der Waals surface area contributed by atoms with Crippen molar-refractivity contribution in [3.05, 3.63) is 30.0 Å². The van der Waals surface area contributed by atoms with Crippen LogP contribution in [-0.2, 0) is 5.41 Å². The molecule has 96 valence electrons. The Bertz CT molecular complexity index is 552. The molecule has 3 N–H and O–H groups in total. The van der Waals surface area contributed by atoms with Gasteiger partial charge in [-0.25, -0.2) is 4.98 Å². The first-order valence-electron chi connectivity index (χ1n) is 5.91. The van der Waals surface area contributed by atoms with Gasteiger partial charge in [-0.2, -0.15) is 0 Å².